The minimum atomic E-state index is -0.178. The molecule has 2 N–H and O–H groups in total. The lowest BCUT2D eigenvalue weighted by Crippen LogP contribution is -2.30. The van der Waals surface area contributed by atoms with Gasteiger partial charge in [0.15, 0.2) is 0 Å². The van der Waals surface area contributed by atoms with Crippen LogP contribution in [0.15, 0.2) is 18.2 Å². The molecule has 0 aromatic heterocycles. The summed E-state index contributed by atoms with van der Waals surface area (Å²) >= 11 is 0. The molecule has 1 rings (SSSR count). The van der Waals surface area contributed by atoms with Crippen LogP contribution < -0.4 is 10.6 Å². The summed E-state index contributed by atoms with van der Waals surface area (Å²) in [4.78, 5) is 11.2. The molecule has 0 aliphatic heterocycles. The second-order valence-electron chi connectivity index (χ2n) is 3.61. The lowest BCUT2D eigenvalue weighted by atomic mass is 10.1. The maximum atomic E-state index is 11.2. The van der Waals surface area contributed by atoms with Crippen molar-refractivity contribution < 1.29 is 4.79 Å². The summed E-state index contributed by atoms with van der Waals surface area (Å²) in [7, 11) is 0. The van der Waals surface area contributed by atoms with Crippen LogP contribution in [0.3, 0.4) is 0 Å². The van der Waals surface area contributed by atoms with E-state index in [0.717, 1.165) is 16.8 Å². The largest absolute Gasteiger partial charge is 0.376 e. The normalized spacial score (nSPS) is 9.31. The highest BCUT2D eigenvalue weighted by atomic mass is 16.1. The zero-order valence-corrected chi connectivity index (χ0v) is 9.50. The summed E-state index contributed by atoms with van der Waals surface area (Å²) in [6.45, 7) is 4.22. The number of nitrogens with one attached hydrogen (secondary N) is 2. The van der Waals surface area contributed by atoms with Crippen molar-refractivity contribution in [2.45, 2.75) is 13.8 Å². The summed E-state index contributed by atoms with van der Waals surface area (Å²) < 4.78 is 0. The van der Waals surface area contributed by atoms with Crippen molar-refractivity contribution in [1.29, 1.82) is 5.26 Å². The van der Waals surface area contributed by atoms with Gasteiger partial charge in [0.2, 0.25) is 5.91 Å². The smallest absolute Gasteiger partial charge is 0.240 e. The van der Waals surface area contributed by atoms with Crippen LogP contribution in [0.2, 0.25) is 0 Å². The third kappa shape index (κ3) is 3.62. The van der Waals surface area contributed by atoms with E-state index in [2.05, 4.69) is 10.6 Å². The Morgan fingerprint density at radius 1 is 1.44 bits per heavy atom. The van der Waals surface area contributed by atoms with Gasteiger partial charge in [0.05, 0.1) is 12.6 Å². The fraction of sp³-hybridized carbons (Fsp3) is 0.333. The van der Waals surface area contributed by atoms with Crippen molar-refractivity contribution in [2.75, 3.05) is 18.4 Å². The van der Waals surface area contributed by atoms with Gasteiger partial charge in [-0.05, 0) is 31.0 Å². The quantitative estimate of drug-likeness (QED) is 0.748. The SMILES string of the molecule is Cc1ccc(C)c(NCC(=O)NCC#N)c1. The van der Waals surface area contributed by atoms with Gasteiger partial charge in [-0.3, -0.25) is 4.79 Å². The van der Waals surface area contributed by atoms with Crippen LogP contribution in [0.25, 0.3) is 0 Å². The number of hydrogen-bond acceptors (Lipinski definition) is 3. The van der Waals surface area contributed by atoms with Gasteiger partial charge in [-0.1, -0.05) is 12.1 Å². The molecule has 0 spiro atoms. The Morgan fingerprint density at radius 3 is 2.88 bits per heavy atom. The van der Waals surface area contributed by atoms with E-state index in [-0.39, 0.29) is 19.0 Å². The first-order chi connectivity index (χ1) is 7.63. The second kappa shape index (κ2) is 5.76. The first kappa shape index (κ1) is 12.1. The van der Waals surface area contributed by atoms with Crippen LogP contribution >= 0.6 is 0 Å². The molecule has 4 heteroatoms. The highest BCUT2D eigenvalue weighted by Crippen LogP contribution is 2.15. The standard InChI is InChI=1S/C12H15N3O/c1-9-3-4-10(2)11(7-9)15-8-12(16)14-6-5-13/h3-4,7,15H,6,8H2,1-2H3,(H,14,16). The van der Waals surface area contributed by atoms with E-state index in [1.54, 1.807) is 0 Å². The third-order valence-corrected chi connectivity index (χ3v) is 2.20. The Bertz CT molecular complexity index is 421. The molecule has 0 aliphatic carbocycles. The number of amides is 1. The molecule has 1 aromatic rings. The Hall–Kier alpha value is -2.02. The number of nitrogens with zero attached hydrogens (tertiary/aromatic N) is 1. The number of anilines is 1. The van der Waals surface area contributed by atoms with Crippen LogP contribution in [0, 0.1) is 25.2 Å². The fourth-order valence-electron chi connectivity index (χ4n) is 1.30. The minimum absolute atomic E-state index is 0.0489. The molecule has 84 valence electrons. The average molecular weight is 217 g/mol. The molecule has 4 nitrogen and oxygen atoms in total. The van der Waals surface area contributed by atoms with Crippen molar-refractivity contribution >= 4 is 11.6 Å². The lowest BCUT2D eigenvalue weighted by molar-refractivity contribution is -0.119. The van der Waals surface area contributed by atoms with Crippen molar-refractivity contribution in [1.82, 2.24) is 5.32 Å². The van der Waals surface area contributed by atoms with Crippen LogP contribution in [-0.4, -0.2) is 19.0 Å². The zero-order valence-electron chi connectivity index (χ0n) is 9.50. The number of hydrogen-bond donors (Lipinski definition) is 2. The van der Waals surface area contributed by atoms with E-state index in [1.165, 1.54) is 0 Å². The second-order valence-corrected chi connectivity index (χ2v) is 3.61. The molecule has 0 unspecified atom stereocenters. The van der Waals surface area contributed by atoms with E-state index in [1.807, 2.05) is 38.1 Å². The summed E-state index contributed by atoms with van der Waals surface area (Å²) in [5.74, 6) is -0.178. The fourth-order valence-corrected chi connectivity index (χ4v) is 1.30. The van der Waals surface area contributed by atoms with E-state index in [9.17, 15) is 4.79 Å². The summed E-state index contributed by atoms with van der Waals surface area (Å²) in [6.07, 6.45) is 0. The van der Waals surface area contributed by atoms with Crippen molar-refractivity contribution in [3.05, 3.63) is 29.3 Å². The maximum Gasteiger partial charge on any atom is 0.240 e. The van der Waals surface area contributed by atoms with Gasteiger partial charge in [-0.25, -0.2) is 0 Å². The summed E-state index contributed by atoms with van der Waals surface area (Å²) in [5, 5.41) is 13.8. The van der Waals surface area contributed by atoms with Crippen LogP contribution in [0.4, 0.5) is 5.69 Å². The van der Waals surface area contributed by atoms with E-state index in [4.69, 9.17) is 5.26 Å². The molecule has 0 radical (unpaired) electrons. The van der Waals surface area contributed by atoms with Gasteiger partial charge in [-0.15, -0.1) is 0 Å². The molecule has 1 aromatic carbocycles. The number of carbonyl (C=O) groups is 1. The summed E-state index contributed by atoms with van der Waals surface area (Å²) in [5.41, 5.74) is 3.19. The predicted molar refractivity (Wildman–Crippen MR) is 63.0 cm³/mol. The molecule has 0 aliphatic rings. The minimum Gasteiger partial charge on any atom is -0.376 e. The highest BCUT2D eigenvalue weighted by Gasteiger charge is 2.02. The van der Waals surface area contributed by atoms with Gasteiger partial charge in [0, 0.05) is 5.69 Å². The molecule has 1 amide bonds. The number of aryl methyl sites for hydroxylation is 2. The lowest BCUT2D eigenvalue weighted by Gasteiger charge is -2.09. The Labute approximate surface area is 95.3 Å². The van der Waals surface area contributed by atoms with E-state index < -0.39 is 0 Å². The van der Waals surface area contributed by atoms with E-state index in [0.29, 0.717) is 0 Å². The number of nitriles is 1. The number of benzene rings is 1. The number of carbonyl (C=O) groups excluding carboxylic acids is 1. The van der Waals surface area contributed by atoms with E-state index >= 15 is 0 Å². The average Bonchev–Trinajstić information content (AvgIpc) is 2.27. The van der Waals surface area contributed by atoms with Gasteiger partial charge in [0.25, 0.3) is 0 Å². The molecule has 0 bridgehead atoms. The first-order valence-corrected chi connectivity index (χ1v) is 5.08. The van der Waals surface area contributed by atoms with Crippen LogP contribution in [0.1, 0.15) is 11.1 Å². The molecule has 16 heavy (non-hydrogen) atoms. The Balaban J connectivity index is 2.51. The Kier molecular flexibility index (Phi) is 4.34. The predicted octanol–water partition coefficient (Wildman–Crippen LogP) is 1.36. The Morgan fingerprint density at radius 2 is 2.19 bits per heavy atom. The molecular formula is C12H15N3O. The molecule has 0 atom stereocenters. The molecular weight excluding hydrogens is 202 g/mol. The van der Waals surface area contributed by atoms with Gasteiger partial charge in [0.1, 0.15) is 6.54 Å². The first-order valence-electron chi connectivity index (χ1n) is 5.08. The van der Waals surface area contributed by atoms with Crippen molar-refractivity contribution in [3.8, 4) is 6.07 Å². The maximum absolute atomic E-state index is 11.2. The molecule has 0 saturated carbocycles. The zero-order chi connectivity index (χ0) is 12.0. The monoisotopic (exact) mass is 217 g/mol. The summed E-state index contributed by atoms with van der Waals surface area (Å²) in [6, 6.07) is 7.88. The van der Waals surface area contributed by atoms with Gasteiger partial charge < -0.3 is 10.6 Å². The number of rotatable bonds is 4. The molecule has 0 fully saturated rings. The van der Waals surface area contributed by atoms with Crippen LogP contribution in [0.5, 0.6) is 0 Å². The highest BCUT2D eigenvalue weighted by molar-refractivity contribution is 5.81. The van der Waals surface area contributed by atoms with Crippen molar-refractivity contribution in [3.63, 3.8) is 0 Å². The van der Waals surface area contributed by atoms with Crippen LogP contribution in [-0.2, 0) is 4.79 Å². The molecule has 0 saturated heterocycles. The van der Waals surface area contributed by atoms with Gasteiger partial charge in [-0.2, -0.15) is 5.26 Å². The third-order valence-electron chi connectivity index (χ3n) is 2.20. The van der Waals surface area contributed by atoms with Crippen molar-refractivity contribution in [2.24, 2.45) is 0 Å². The van der Waals surface area contributed by atoms with Gasteiger partial charge >= 0.3 is 0 Å². The topological polar surface area (TPSA) is 64.9 Å². The molecule has 0 heterocycles.